The summed E-state index contributed by atoms with van der Waals surface area (Å²) >= 11 is 0. The van der Waals surface area contributed by atoms with Gasteiger partial charge in [-0.2, -0.15) is 0 Å². The Balaban J connectivity index is 1.66. The van der Waals surface area contributed by atoms with E-state index < -0.39 is 12.6 Å². The molecule has 0 unspecified atom stereocenters. The number of Topliss-reactive ketones (excluding diaryl/α,β-unsaturated/α-hetero) is 1. The summed E-state index contributed by atoms with van der Waals surface area (Å²) in [4.78, 5) is 28.3. The summed E-state index contributed by atoms with van der Waals surface area (Å²) in [6, 6.07) is 6.04. The maximum absolute atomic E-state index is 13.8. The Morgan fingerprint density at radius 1 is 1.11 bits per heavy atom. The first kappa shape index (κ1) is 26.5. The lowest BCUT2D eigenvalue weighted by Gasteiger charge is -2.40. The van der Waals surface area contributed by atoms with Gasteiger partial charge in [-0.1, -0.05) is 44.5 Å². The Hall–Kier alpha value is -2.54. The van der Waals surface area contributed by atoms with Crippen LogP contribution in [0, 0.1) is 25.2 Å². The lowest BCUT2D eigenvalue weighted by Crippen LogP contribution is -2.47. The van der Waals surface area contributed by atoms with Crippen molar-refractivity contribution in [1.82, 2.24) is 19.7 Å². The molecule has 2 aliphatic rings. The number of likely N-dealkylation sites (tertiary alicyclic amines) is 1. The number of nitrogens with zero attached hydrogens (tertiary/aromatic N) is 4. The monoisotopic (exact) mass is 494 g/mol. The number of ketones is 1. The molecule has 1 aromatic carbocycles. The van der Waals surface area contributed by atoms with Gasteiger partial charge in [-0.15, -0.1) is 10.2 Å². The predicted octanol–water partition coefficient (Wildman–Crippen LogP) is 4.68. The third-order valence-corrected chi connectivity index (χ3v) is 7.66. The van der Waals surface area contributed by atoms with Gasteiger partial charge in [-0.3, -0.25) is 9.59 Å². The maximum Gasteiger partial charge on any atom is 0.248 e. The van der Waals surface area contributed by atoms with Crippen molar-refractivity contribution in [2.45, 2.75) is 98.1 Å². The van der Waals surface area contributed by atoms with E-state index in [4.69, 9.17) is 0 Å². The molecule has 1 saturated heterocycles. The van der Waals surface area contributed by atoms with E-state index in [0.717, 1.165) is 61.3 Å². The van der Waals surface area contributed by atoms with Crippen LogP contribution in [-0.2, 0) is 22.4 Å². The van der Waals surface area contributed by atoms with E-state index in [-0.39, 0.29) is 23.0 Å². The molecule has 0 radical (unpaired) electrons. The summed E-state index contributed by atoms with van der Waals surface area (Å²) in [5, 5.41) is 19.0. The summed E-state index contributed by atoms with van der Waals surface area (Å²) in [6.07, 6.45) is 6.87. The standard InChI is InChI=1S/C29H42N4O3/c1-19-10-11-21(20(2)16-19)17-24(35)23-8-7-15-32(26(36)18-34)27(23)28-31-30-25(33(28)22-12-13-22)9-6-14-29(3,4)5/h10-11,16,22-23,27,34H,6-9,12-15,17-18H2,1-5H3/t23-,27+/m1/s1. The number of aliphatic hydroxyl groups is 1. The summed E-state index contributed by atoms with van der Waals surface area (Å²) in [7, 11) is 0. The lowest BCUT2D eigenvalue weighted by molar-refractivity contribution is -0.142. The third kappa shape index (κ3) is 6.05. The molecule has 1 aliphatic heterocycles. The number of rotatable bonds is 9. The highest BCUT2D eigenvalue weighted by Crippen LogP contribution is 2.43. The molecule has 2 fully saturated rings. The third-order valence-electron chi connectivity index (χ3n) is 7.66. The number of amides is 1. The summed E-state index contributed by atoms with van der Waals surface area (Å²) < 4.78 is 2.23. The van der Waals surface area contributed by atoms with Crippen LogP contribution in [0.5, 0.6) is 0 Å². The summed E-state index contributed by atoms with van der Waals surface area (Å²) in [5.74, 6) is 1.10. The number of benzene rings is 1. The number of aryl methyl sites for hydroxylation is 3. The zero-order valence-electron chi connectivity index (χ0n) is 22.6. The summed E-state index contributed by atoms with van der Waals surface area (Å²) in [6.45, 7) is 10.8. The largest absolute Gasteiger partial charge is 0.387 e. The molecule has 2 heterocycles. The van der Waals surface area contributed by atoms with Crippen LogP contribution in [0.3, 0.4) is 0 Å². The van der Waals surface area contributed by atoms with E-state index in [2.05, 4.69) is 48.5 Å². The topological polar surface area (TPSA) is 88.3 Å². The second-order valence-electron chi connectivity index (χ2n) is 12.0. The first-order chi connectivity index (χ1) is 17.1. The minimum atomic E-state index is -0.565. The molecule has 1 N–H and O–H groups in total. The van der Waals surface area contributed by atoms with Crippen LogP contribution in [0.15, 0.2) is 18.2 Å². The minimum absolute atomic E-state index is 0.127. The molecule has 1 amide bonds. The molecule has 196 valence electrons. The molecular weight excluding hydrogens is 452 g/mol. The molecule has 0 bridgehead atoms. The van der Waals surface area contributed by atoms with Crippen molar-refractivity contribution in [3.8, 4) is 0 Å². The molecular formula is C29H42N4O3. The Kier molecular flexibility index (Phi) is 7.98. The van der Waals surface area contributed by atoms with Gasteiger partial charge in [0.1, 0.15) is 24.3 Å². The zero-order chi connectivity index (χ0) is 26.0. The van der Waals surface area contributed by atoms with Crippen molar-refractivity contribution in [3.05, 3.63) is 46.5 Å². The van der Waals surface area contributed by atoms with Crippen LogP contribution in [-0.4, -0.2) is 49.6 Å². The number of piperidine rings is 1. The Morgan fingerprint density at radius 2 is 1.86 bits per heavy atom. The van der Waals surface area contributed by atoms with Gasteiger partial charge < -0.3 is 14.6 Å². The van der Waals surface area contributed by atoms with Crippen molar-refractivity contribution in [1.29, 1.82) is 0 Å². The zero-order valence-corrected chi connectivity index (χ0v) is 22.6. The predicted molar refractivity (Wildman–Crippen MR) is 140 cm³/mol. The molecule has 0 spiro atoms. The molecule has 1 saturated carbocycles. The minimum Gasteiger partial charge on any atom is -0.387 e. The van der Waals surface area contributed by atoms with Crippen molar-refractivity contribution >= 4 is 11.7 Å². The van der Waals surface area contributed by atoms with Gasteiger partial charge in [0.2, 0.25) is 5.91 Å². The van der Waals surface area contributed by atoms with Crippen LogP contribution in [0.1, 0.15) is 99.7 Å². The molecule has 7 heteroatoms. The summed E-state index contributed by atoms with van der Waals surface area (Å²) in [5.41, 5.74) is 3.57. The lowest BCUT2D eigenvalue weighted by atomic mass is 9.82. The van der Waals surface area contributed by atoms with E-state index in [9.17, 15) is 14.7 Å². The van der Waals surface area contributed by atoms with Gasteiger partial charge in [-0.25, -0.2) is 0 Å². The Bertz CT molecular complexity index is 1100. The molecule has 1 aromatic heterocycles. The number of hydrogen-bond acceptors (Lipinski definition) is 5. The highest BCUT2D eigenvalue weighted by molar-refractivity contribution is 5.86. The van der Waals surface area contributed by atoms with Crippen molar-refractivity contribution in [3.63, 3.8) is 0 Å². The Labute approximate surface area is 215 Å². The van der Waals surface area contributed by atoms with Crippen LogP contribution in [0.2, 0.25) is 0 Å². The van der Waals surface area contributed by atoms with E-state index >= 15 is 0 Å². The molecule has 36 heavy (non-hydrogen) atoms. The quantitative estimate of drug-likeness (QED) is 0.547. The number of aromatic nitrogens is 3. The van der Waals surface area contributed by atoms with Gasteiger partial charge in [0.25, 0.3) is 0 Å². The van der Waals surface area contributed by atoms with Gasteiger partial charge in [0, 0.05) is 31.3 Å². The van der Waals surface area contributed by atoms with Crippen LogP contribution < -0.4 is 0 Å². The van der Waals surface area contributed by atoms with Crippen LogP contribution >= 0.6 is 0 Å². The molecule has 7 nitrogen and oxygen atoms in total. The number of carbonyl (C=O) groups excluding carboxylic acids is 2. The fourth-order valence-corrected chi connectivity index (χ4v) is 5.60. The fraction of sp³-hybridized carbons (Fsp3) is 0.655. The van der Waals surface area contributed by atoms with Gasteiger partial charge in [0.15, 0.2) is 5.82 Å². The smallest absolute Gasteiger partial charge is 0.248 e. The first-order valence-electron chi connectivity index (χ1n) is 13.5. The normalized spacial score (nSPS) is 20.6. The number of aliphatic hydroxyl groups excluding tert-OH is 1. The Morgan fingerprint density at radius 3 is 2.50 bits per heavy atom. The highest BCUT2D eigenvalue weighted by atomic mass is 16.3. The SMILES string of the molecule is Cc1ccc(CC(=O)[C@H]2CCCN(C(=O)CO)[C@@H]2c2nnc(CCCC(C)(C)C)n2C2CC2)c(C)c1. The van der Waals surface area contributed by atoms with Crippen molar-refractivity contribution in [2.75, 3.05) is 13.2 Å². The second-order valence-corrected chi connectivity index (χ2v) is 12.0. The van der Waals surface area contributed by atoms with Crippen LogP contribution in [0.4, 0.5) is 0 Å². The molecule has 4 rings (SSSR count). The van der Waals surface area contributed by atoms with Gasteiger partial charge in [0.05, 0.1) is 0 Å². The van der Waals surface area contributed by atoms with Gasteiger partial charge in [-0.05, 0) is 68.9 Å². The number of hydrogen-bond donors (Lipinski definition) is 1. The molecule has 2 atom stereocenters. The molecule has 2 aromatic rings. The van der Waals surface area contributed by atoms with E-state index in [1.54, 1.807) is 4.90 Å². The van der Waals surface area contributed by atoms with Crippen LogP contribution in [0.25, 0.3) is 0 Å². The first-order valence-corrected chi connectivity index (χ1v) is 13.5. The average molecular weight is 495 g/mol. The van der Waals surface area contributed by atoms with Crippen molar-refractivity contribution in [2.24, 2.45) is 11.3 Å². The second kappa shape index (κ2) is 10.8. The molecule has 1 aliphatic carbocycles. The highest BCUT2D eigenvalue weighted by Gasteiger charge is 2.44. The van der Waals surface area contributed by atoms with Gasteiger partial charge >= 0.3 is 0 Å². The maximum atomic E-state index is 13.8. The van der Waals surface area contributed by atoms with Crippen molar-refractivity contribution < 1.29 is 14.7 Å². The fourth-order valence-electron chi connectivity index (χ4n) is 5.60. The van der Waals surface area contributed by atoms with E-state index in [1.165, 1.54) is 5.56 Å². The average Bonchev–Trinajstić information content (AvgIpc) is 3.58. The number of carbonyl (C=O) groups is 2. The van der Waals surface area contributed by atoms with E-state index in [0.29, 0.717) is 25.4 Å². The van der Waals surface area contributed by atoms with E-state index in [1.807, 2.05) is 19.1 Å².